The number of hydrogen-bond donors (Lipinski definition) is 1. The van der Waals surface area contributed by atoms with Gasteiger partial charge in [0.15, 0.2) is 5.78 Å². The van der Waals surface area contributed by atoms with E-state index in [0.717, 1.165) is 30.5 Å². The third-order valence-corrected chi connectivity index (χ3v) is 8.96. The van der Waals surface area contributed by atoms with Crippen molar-refractivity contribution in [3.63, 3.8) is 0 Å². The second kappa shape index (κ2) is 14.8. The minimum absolute atomic E-state index is 0. The Bertz CT molecular complexity index is 1740. The molecule has 0 saturated heterocycles. The zero-order chi connectivity index (χ0) is 33.3. The summed E-state index contributed by atoms with van der Waals surface area (Å²) < 4.78 is 0. The molecule has 1 radical (unpaired) electrons. The van der Waals surface area contributed by atoms with E-state index in [4.69, 9.17) is 4.98 Å². The smallest absolute Gasteiger partial charge is 0.161 e. The Balaban J connectivity index is 0.000000352. The summed E-state index contributed by atoms with van der Waals surface area (Å²) >= 11 is 0. The summed E-state index contributed by atoms with van der Waals surface area (Å²) in [6, 6.07) is 22.0. The molecule has 3 aromatic carbocycles. The molecule has 1 aromatic heterocycles. The summed E-state index contributed by atoms with van der Waals surface area (Å²) in [5.74, 6) is 0.354. The number of carbonyl (C=O) groups is 1. The largest absolute Gasteiger partial charge is 0.512 e. The van der Waals surface area contributed by atoms with Crippen LogP contribution in [0.5, 0.6) is 0 Å². The van der Waals surface area contributed by atoms with Gasteiger partial charge in [0, 0.05) is 44.2 Å². The van der Waals surface area contributed by atoms with E-state index in [1.165, 1.54) is 55.8 Å². The van der Waals surface area contributed by atoms with Gasteiger partial charge in [-0.1, -0.05) is 118 Å². The fraction of sp³-hybridized carbons (Fsp3) is 0.429. The SMILES string of the molecule is CCC(C)C(=O)/C=C(\O)C(C)CC.Cc1c[c-]c2c(c1)-c1cc(CC(C)(C)C)ccc1-c1cc(C(C)(C)C)cc3ccnc-2c13.[Ir]. The molecule has 1 aliphatic rings. The number of aliphatic hydroxyl groups excluding tert-OH is 1. The summed E-state index contributed by atoms with van der Waals surface area (Å²) in [6.45, 7) is 23.7. The van der Waals surface area contributed by atoms with Crippen LogP contribution < -0.4 is 0 Å². The minimum Gasteiger partial charge on any atom is -0.512 e. The van der Waals surface area contributed by atoms with Crippen molar-refractivity contribution in [2.45, 2.75) is 101 Å². The third-order valence-electron chi connectivity index (χ3n) is 8.96. The van der Waals surface area contributed by atoms with Crippen molar-refractivity contribution in [3.8, 4) is 33.5 Å². The second-order valence-electron chi connectivity index (χ2n) is 15.2. The molecule has 1 N–H and O–H groups in total. The molecular formula is C42H52IrNO2-. The number of allylic oxidation sites excluding steroid dienone is 2. The molecule has 1 heterocycles. The maximum absolute atomic E-state index is 11.4. The van der Waals surface area contributed by atoms with Crippen LogP contribution in [0.3, 0.4) is 0 Å². The monoisotopic (exact) mass is 795 g/mol. The Hall–Kier alpha value is -3.07. The van der Waals surface area contributed by atoms with Crippen molar-refractivity contribution in [1.82, 2.24) is 4.98 Å². The summed E-state index contributed by atoms with van der Waals surface area (Å²) in [6.07, 6.45) is 6.06. The molecule has 0 aliphatic heterocycles. The van der Waals surface area contributed by atoms with Gasteiger partial charge in [-0.25, -0.2) is 0 Å². The molecule has 2 atom stereocenters. The number of aromatic nitrogens is 1. The van der Waals surface area contributed by atoms with Crippen LogP contribution in [-0.2, 0) is 36.7 Å². The van der Waals surface area contributed by atoms with Gasteiger partial charge in [-0.05, 0) is 74.9 Å². The van der Waals surface area contributed by atoms with Crippen molar-refractivity contribution in [2.75, 3.05) is 0 Å². The van der Waals surface area contributed by atoms with Crippen LogP contribution in [0.2, 0.25) is 0 Å². The van der Waals surface area contributed by atoms with Gasteiger partial charge in [-0.15, -0.1) is 29.3 Å². The van der Waals surface area contributed by atoms with Gasteiger partial charge in [0.1, 0.15) is 0 Å². The van der Waals surface area contributed by atoms with Crippen LogP contribution in [0, 0.1) is 30.2 Å². The quantitative estimate of drug-likeness (QED) is 0.106. The number of hydrogen-bond acceptors (Lipinski definition) is 3. The van der Waals surface area contributed by atoms with Crippen LogP contribution in [0.15, 0.2) is 66.6 Å². The molecule has 4 aromatic rings. The van der Waals surface area contributed by atoms with Crippen LogP contribution >= 0.6 is 0 Å². The van der Waals surface area contributed by atoms with Crippen LogP contribution in [0.4, 0.5) is 0 Å². The molecule has 0 spiro atoms. The van der Waals surface area contributed by atoms with Gasteiger partial charge in [-0.2, -0.15) is 0 Å². The topological polar surface area (TPSA) is 50.2 Å². The molecule has 2 unspecified atom stereocenters. The van der Waals surface area contributed by atoms with Crippen molar-refractivity contribution in [2.24, 2.45) is 17.3 Å². The Morgan fingerprint density at radius 2 is 1.57 bits per heavy atom. The fourth-order valence-electron chi connectivity index (χ4n) is 5.78. The number of nitrogens with zero attached hydrogens (tertiary/aromatic N) is 1. The van der Waals surface area contributed by atoms with Crippen LogP contribution in [0.1, 0.15) is 98.8 Å². The Kier molecular flexibility index (Phi) is 12.0. The molecule has 247 valence electrons. The zero-order valence-corrected chi connectivity index (χ0v) is 32.1. The number of ketones is 1. The predicted octanol–water partition coefficient (Wildman–Crippen LogP) is 11.6. The second-order valence-corrected chi connectivity index (χ2v) is 15.2. The molecule has 0 bridgehead atoms. The Morgan fingerprint density at radius 1 is 0.891 bits per heavy atom. The van der Waals surface area contributed by atoms with E-state index in [-0.39, 0.29) is 54.3 Å². The van der Waals surface area contributed by atoms with Crippen molar-refractivity contribution >= 4 is 16.6 Å². The maximum Gasteiger partial charge on any atom is 0.161 e. The van der Waals surface area contributed by atoms with E-state index < -0.39 is 0 Å². The van der Waals surface area contributed by atoms with E-state index in [9.17, 15) is 9.90 Å². The molecule has 0 amide bonds. The number of rotatable bonds is 6. The van der Waals surface area contributed by atoms with E-state index in [1.54, 1.807) is 0 Å². The molecule has 5 rings (SSSR count). The van der Waals surface area contributed by atoms with Crippen LogP contribution in [-0.4, -0.2) is 15.9 Å². The standard InChI is InChI=1S/C31H32N.C11H20O2.Ir/c1-19-8-10-24-25(14-19)26-15-20(18-30(2,3)4)9-11-23(26)27-17-22(31(5,6)7)16-21-12-13-32-29(24)28(21)27;1-5-8(3)10(12)7-11(13)9(4)6-2;/h8-9,11-17H,18H2,1-7H3;7-9,12H,5-6H2,1-4H3;/q-1;;/b;10-7-;. The van der Waals surface area contributed by atoms with Gasteiger partial charge in [-0.3, -0.25) is 4.79 Å². The summed E-state index contributed by atoms with van der Waals surface area (Å²) in [7, 11) is 0. The Labute approximate surface area is 291 Å². The van der Waals surface area contributed by atoms with Crippen molar-refractivity contribution in [3.05, 3.63) is 89.3 Å². The molecule has 46 heavy (non-hydrogen) atoms. The van der Waals surface area contributed by atoms with Crippen LogP contribution in [0.25, 0.3) is 44.3 Å². The number of aryl methyl sites for hydroxylation is 1. The first kappa shape index (κ1) is 37.4. The maximum atomic E-state index is 11.4. The fourth-order valence-corrected chi connectivity index (χ4v) is 5.78. The summed E-state index contributed by atoms with van der Waals surface area (Å²) in [5, 5.41) is 12.0. The average molecular weight is 795 g/mol. The van der Waals surface area contributed by atoms with E-state index in [0.29, 0.717) is 0 Å². The number of benzene rings is 3. The number of fused-ring (bicyclic) bond motifs is 5. The van der Waals surface area contributed by atoms with E-state index in [1.807, 2.05) is 33.9 Å². The molecule has 0 saturated carbocycles. The predicted molar refractivity (Wildman–Crippen MR) is 192 cm³/mol. The summed E-state index contributed by atoms with van der Waals surface area (Å²) in [4.78, 5) is 16.3. The number of pyridine rings is 1. The van der Waals surface area contributed by atoms with Gasteiger partial charge < -0.3 is 10.1 Å². The van der Waals surface area contributed by atoms with Crippen molar-refractivity contribution in [1.29, 1.82) is 0 Å². The minimum atomic E-state index is 0. The van der Waals surface area contributed by atoms with E-state index in [2.05, 4.69) is 103 Å². The van der Waals surface area contributed by atoms with Gasteiger partial charge in [0.25, 0.3) is 0 Å². The van der Waals surface area contributed by atoms with Gasteiger partial charge >= 0.3 is 0 Å². The molecule has 4 heteroatoms. The van der Waals surface area contributed by atoms with Crippen molar-refractivity contribution < 1.29 is 30.0 Å². The molecular weight excluding hydrogens is 743 g/mol. The molecule has 0 fully saturated rings. The molecule has 1 aliphatic carbocycles. The van der Waals surface area contributed by atoms with E-state index >= 15 is 0 Å². The number of aliphatic hydroxyl groups is 1. The first-order chi connectivity index (χ1) is 21.0. The molecule has 3 nitrogen and oxygen atoms in total. The average Bonchev–Trinajstić information content (AvgIpc) is 3.08. The summed E-state index contributed by atoms with van der Waals surface area (Å²) in [5.41, 5.74) is 11.5. The number of carbonyl (C=O) groups excluding carboxylic acids is 1. The third kappa shape index (κ3) is 8.44. The first-order valence-corrected chi connectivity index (χ1v) is 16.6. The van der Waals surface area contributed by atoms with Gasteiger partial charge in [0.05, 0.1) is 5.76 Å². The first-order valence-electron chi connectivity index (χ1n) is 16.6. The van der Waals surface area contributed by atoms with Gasteiger partial charge in [0.2, 0.25) is 0 Å². The normalized spacial score (nSPS) is 13.8. The zero-order valence-electron chi connectivity index (χ0n) is 29.7. The Morgan fingerprint density at radius 3 is 2.17 bits per heavy atom.